The molecule has 2 N–H and O–H groups in total. The molecule has 7 nitrogen and oxygen atoms in total. The number of hydrogen-bond acceptors (Lipinski definition) is 4. The maximum absolute atomic E-state index is 13.6. The van der Waals surface area contributed by atoms with E-state index >= 15 is 0 Å². The summed E-state index contributed by atoms with van der Waals surface area (Å²) in [7, 11) is 0. The van der Waals surface area contributed by atoms with Gasteiger partial charge in [-0.2, -0.15) is 13.9 Å². The first-order valence-electron chi connectivity index (χ1n) is 10.3. The summed E-state index contributed by atoms with van der Waals surface area (Å²) in [5.74, 6) is -0.592. The molecular formula is C22H28F2N4O3. The maximum Gasteiger partial charge on any atom is 0.408 e. The number of anilines is 1. The fourth-order valence-electron chi connectivity index (χ4n) is 3.58. The molecule has 2 bridgehead atoms. The minimum atomic E-state index is -2.87. The first-order chi connectivity index (χ1) is 14.5. The molecule has 1 aliphatic rings. The maximum atomic E-state index is 13.6. The van der Waals surface area contributed by atoms with Crippen LogP contribution < -0.4 is 10.6 Å². The van der Waals surface area contributed by atoms with Crippen molar-refractivity contribution in [3.8, 4) is 11.3 Å². The molecule has 3 rings (SSSR count). The van der Waals surface area contributed by atoms with Gasteiger partial charge in [0.15, 0.2) is 0 Å². The van der Waals surface area contributed by atoms with E-state index in [0.717, 1.165) is 5.56 Å². The van der Waals surface area contributed by atoms with E-state index in [1.807, 2.05) is 6.07 Å². The van der Waals surface area contributed by atoms with E-state index in [4.69, 9.17) is 4.74 Å². The fraction of sp³-hybridized carbons (Fsp3) is 0.500. The van der Waals surface area contributed by atoms with Gasteiger partial charge in [-0.15, -0.1) is 0 Å². The van der Waals surface area contributed by atoms with E-state index < -0.39 is 24.3 Å². The van der Waals surface area contributed by atoms with Gasteiger partial charge in [-0.05, 0) is 45.2 Å². The van der Waals surface area contributed by atoms with Gasteiger partial charge >= 0.3 is 12.6 Å². The van der Waals surface area contributed by atoms with Crippen LogP contribution in [0.3, 0.4) is 0 Å². The highest BCUT2D eigenvalue weighted by Gasteiger charge is 2.26. The normalized spacial score (nSPS) is 19.6. The summed E-state index contributed by atoms with van der Waals surface area (Å²) in [6.07, 6.45) is 2.51. The van der Waals surface area contributed by atoms with Crippen molar-refractivity contribution in [3.05, 3.63) is 36.0 Å². The zero-order valence-corrected chi connectivity index (χ0v) is 18.1. The van der Waals surface area contributed by atoms with Crippen molar-refractivity contribution in [2.45, 2.75) is 65.1 Å². The Bertz CT molecular complexity index is 952. The lowest BCUT2D eigenvalue weighted by molar-refractivity contribution is -0.119. The summed E-state index contributed by atoms with van der Waals surface area (Å²) < 4.78 is 33.2. The second kappa shape index (κ2) is 9.03. The smallest absolute Gasteiger partial charge is 0.408 e. The van der Waals surface area contributed by atoms with Gasteiger partial charge < -0.3 is 15.4 Å². The Morgan fingerprint density at radius 3 is 2.74 bits per heavy atom. The summed E-state index contributed by atoms with van der Waals surface area (Å²) >= 11 is 0. The highest BCUT2D eigenvalue weighted by Crippen LogP contribution is 2.34. The van der Waals surface area contributed by atoms with Gasteiger partial charge in [0.05, 0.1) is 23.6 Å². The van der Waals surface area contributed by atoms with Crippen LogP contribution in [0.1, 0.15) is 65.1 Å². The van der Waals surface area contributed by atoms with E-state index in [0.29, 0.717) is 29.5 Å². The quantitative estimate of drug-likeness (QED) is 0.674. The molecular weight excluding hydrogens is 406 g/mol. The number of carbonyl (C=O) groups excluding carboxylic acids is 2. The molecule has 1 aromatic carbocycles. The summed E-state index contributed by atoms with van der Waals surface area (Å²) in [5, 5.41) is 9.39. The number of benzene rings is 1. The second-order valence-electron chi connectivity index (χ2n) is 8.77. The number of halogens is 2. The van der Waals surface area contributed by atoms with Gasteiger partial charge in [0.1, 0.15) is 5.60 Å². The Hall–Kier alpha value is -2.97. The topological polar surface area (TPSA) is 85.2 Å². The number of ether oxygens (including phenoxy) is 1. The third kappa shape index (κ3) is 5.59. The third-order valence-corrected chi connectivity index (χ3v) is 5.07. The lowest BCUT2D eigenvalue weighted by Crippen LogP contribution is -2.35. The number of fused-ring (bicyclic) bond motifs is 4. The number of alkyl carbamates (subject to hydrolysis) is 1. The number of amides is 2. The van der Waals surface area contributed by atoms with Gasteiger partial charge in [-0.25, -0.2) is 9.48 Å². The van der Waals surface area contributed by atoms with Crippen LogP contribution in [0.25, 0.3) is 11.3 Å². The highest BCUT2D eigenvalue weighted by molar-refractivity contribution is 5.95. The van der Waals surface area contributed by atoms with Crippen molar-refractivity contribution in [1.29, 1.82) is 0 Å². The minimum Gasteiger partial charge on any atom is -0.444 e. The van der Waals surface area contributed by atoms with E-state index in [-0.39, 0.29) is 23.2 Å². The molecule has 1 aromatic heterocycles. The zero-order valence-electron chi connectivity index (χ0n) is 18.1. The van der Waals surface area contributed by atoms with Gasteiger partial charge in [-0.3, -0.25) is 4.79 Å². The largest absolute Gasteiger partial charge is 0.444 e. The van der Waals surface area contributed by atoms with Crippen molar-refractivity contribution < 1.29 is 23.1 Å². The number of rotatable bonds is 2. The molecule has 0 unspecified atom stereocenters. The predicted molar refractivity (Wildman–Crippen MR) is 113 cm³/mol. The van der Waals surface area contributed by atoms with Crippen molar-refractivity contribution in [3.63, 3.8) is 0 Å². The van der Waals surface area contributed by atoms with E-state index in [9.17, 15) is 18.4 Å². The lowest BCUT2D eigenvalue weighted by atomic mass is 9.94. The van der Waals surface area contributed by atoms with Crippen LogP contribution >= 0.6 is 0 Å². The summed E-state index contributed by atoms with van der Waals surface area (Å²) in [6, 6.07) is 6.59. The van der Waals surface area contributed by atoms with Crippen molar-refractivity contribution in [1.82, 2.24) is 15.1 Å². The molecule has 2 aromatic rings. The van der Waals surface area contributed by atoms with Crippen LogP contribution in [0.2, 0.25) is 0 Å². The van der Waals surface area contributed by atoms with Crippen molar-refractivity contribution in [2.24, 2.45) is 5.92 Å². The Labute approximate surface area is 180 Å². The van der Waals surface area contributed by atoms with Crippen LogP contribution in [0.5, 0.6) is 0 Å². The molecule has 0 radical (unpaired) electrons. The Kier molecular flexibility index (Phi) is 6.62. The molecule has 0 saturated carbocycles. The van der Waals surface area contributed by atoms with Crippen LogP contribution in [-0.2, 0) is 9.53 Å². The average molecular weight is 434 g/mol. The fourth-order valence-corrected chi connectivity index (χ4v) is 3.58. The molecule has 31 heavy (non-hydrogen) atoms. The second-order valence-corrected chi connectivity index (χ2v) is 8.77. The number of alkyl halides is 2. The molecule has 0 saturated heterocycles. The first-order valence-corrected chi connectivity index (χ1v) is 10.3. The Morgan fingerprint density at radius 2 is 2.06 bits per heavy atom. The zero-order chi connectivity index (χ0) is 22.8. The van der Waals surface area contributed by atoms with Gasteiger partial charge in [-0.1, -0.05) is 31.5 Å². The van der Waals surface area contributed by atoms with Crippen molar-refractivity contribution >= 4 is 17.7 Å². The lowest BCUT2D eigenvalue weighted by Gasteiger charge is -2.25. The van der Waals surface area contributed by atoms with Crippen LogP contribution in [0.4, 0.5) is 19.3 Å². The first kappa shape index (κ1) is 22.7. The van der Waals surface area contributed by atoms with Crippen LogP contribution in [0, 0.1) is 5.92 Å². The van der Waals surface area contributed by atoms with E-state index in [1.54, 1.807) is 45.9 Å². The van der Waals surface area contributed by atoms with E-state index in [1.165, 1.54) is 6.20 Å². The van der Waals surface area contributed by atoms with Crippen LogP contribution in [-0.4, -0.2) is 27.4 Å². The molecule has 9 heteroatoms. The Morgan fingerprint density at radius 1 is 1.32 bits per heavy atom. The summed E-state index contributed by atoms with van der Waals surface area (Å²) in [6.45, 7) is 4.25. The molecule has 2 heterocycles. The van der Waals surface area contributed by atoms with Crippen molar-refractivity contribution in [2.75, 3.05) is 5.32 Å². The highest BCUT2D eigenvalue weighted by atomic mass is 19.3. The molecule has 2 atom stereocenters. The molecule has 2 amide bonds. The van der Waals surface area contributed by atoms with E-state index in [2.05, 4.69) is 15.7 Å². The number of nitrogens with one attached hydrogen (secondary N) is 2. The van der Waals surface area contributed by atoms with Gasteiger partial charge in [0.2, 0.25) is 5.91 Å². The number of carbonyl (C=O) groups is 2. The van der Waals surface area contributed by atoms with Gasteiger partial charge in [0.25, 0.3) is 0 Å². The molecule has 0 fully saturated rings. The monoisotopic (exact) mass is 434 g/mol. The minimum absolute atomic E-state index is 0.119. The molecule has 0 spiro atoms. The average Bonchev–Trinajstić information content (AvgIpc) is 3.08. The summed E-state index contributed by atoms with van der Waals surface area (Å²) in [5.41, 5.74) is 0.925. The SMILES string of the molecule is C[C@@H]1CCC[C@H](NC(=O)OC(C)(C)C)c2cccc(c2)-c2c(cnn2C(F)F)NC1=O. The predicted octanol–water partition coefficient (Wildman–Crippen LogP) is 5.27. The number of hydrogen-bond donors (Lipinski definition) is 2. The molecule has 1 aliphatic heterocycles. The third-order valence-electron chi connectivity index (χ3n) is 5.07. The standard InChI is InChI=1S/C22H28F2N4O3/c1-13-7-5-10-16(27-21(30)31-22(2,3)4)14-8-6-9-15(11-14)18-17(26-19(13)29)12-25-28(18)20(23)24/h6,8-9,11-13,16,20H,5,7,10H2,1-4H3,(H,26,29)(H,27,30)/t13-,16+/m1/s1. The molecule has 0 aliphatic carbocycles. The summed E-state index contributed by atoms with van der Waals surface area (Å²) in [4.78, 5) is 25.0. The number of nitrogens with zero attached hydrogens (tertiary/aromatic N) is 2. The number of aromatic nitrogens is 2. The van der Waals surface area contributed by atoms with Gasteiger partial charge in [0, 0.05) is 11.5 Å². The van der Waals surface area contributed by atoms with Crippen LogP contribution in [0.15, 0.2) is 30.5 Å². The Balaban J connectivity index is 2.04. The molecule has 168 valence electrons.